The van der Waals surface area contributed by atoms with Gasteiger partial charge in [0.1, 0.15) is 5.75 Å². The first-order valence-electron chi connectivity index (χ1n) is 9.35. The number of rotatable bonds is 6. The maximum atomic E-state index is 12.3. The summed E-state index contributed by atoms with van der Waals surface area (Å²) in [6, 6.07) is 12.6. The Kier molecular flexibility index (Phi) is 6.16. The van der Waals surface area contributed by atoms with E-state index >= 15 is 0 Å². The van der Waals surface area contributed by atoms with Crippen LogP contribution in [0, 0.1) is 19.8 Å². The van der Waals surface area contributed by atoms with Gasteiger partial charge in [0.15, 0.2) is 6.61 Å². The predicted molar refractivity (Wildman–Crippen MR) is 109 cm³/mol. The third kappa shape index (κ3) is 4.93. The van der Waals surface area contributed by atoms with Gasteiger partial charge in [-0.3, -0.25) is 14.4 Å². The Balaban J connectivity index is 1.52. The molecule has 2 aromatic rings. The normalized spacial score (nSPS) is 15.9. The number of esters is 1. The highest BCUT2D eigenvalue weighted by Gasteiger charge is 2.36. The molecule has 29 heavy (non-hydrogen) atoms. The zero-order chi connectivity index (χ0) is 21.0. The van der Waals surface area contributed by atoms with Crippen LogP contribution in [0.15, 0.2) is 42.5 Å². The number of carbonyl (C=O) groups excluding carboxylic acids is 3. The number of benzene rings is 2. The van der Waals surface area contributed by atoms with Crippen molar-refractivity contribution in [2.24, 2.45) is 5.92 Å². The first-order chi connectivity index (χ1) is 13.9. The molecule has 3 rings (SSSR count). The molecule has 7 heteroatoms. The van der Waals surface area contributed by atoms with Crippen LogP contribution in [0.2, 0.25) is 0 Å². The standard InChI is InChI=1S/C22H24N2O5/c1-14-4-5-17(10-15(14)2)23-20(25)13-29-22(27)16-11-21(26)24(12-16)18-6-8-19(28-3)9-7-18/h4-10,16H,11-13H2,1-3H3,(H,23,25)/t16-/m1/s1. The summed E-state index contributed by atoms with van der Waals surface area (Å²) in [4.78, 5) is 38.2. The summed E-state index contributed by atoms with van der Waals surface area (Å²) in [6.07, 6.45) is 0.0592. The Labute approximate surface area is 169 Å². The van der Waals surface area contributed by atoms with Crippen molar-refractivity contribution in [1.29, 1.82) is 0 Å². The van der Waals surface area contributed by atoms with E-state index in [4.69, 9.17) is 9.47 Å². The van der Waals surface area contributed by atoms with Gasteiger partial charge in [-0.15, -0.1) is 0 Å². The Morgan fingerprint density at radius 3 is 2.48 bits per heavy atom. The van der Waals surface area contributed by atoms with E-state index in [1.54, 1.807) is 42.3 Å². The van der Waals surface area contributed by atoms with Gasteiger partial charge in [-0.25, -0.2) is 0 Å². The molecule has 152 valence electrons. The van der Waals surface area contributed by atoms with Crippen LogP contribution in [0.5, 0.6) is 5.75 Å². The van der Waals surface area contributed by atoms with Crippen LogP contribution in [0.3, 0.4) is 0 Å². The molecular formula is C22H24N2O5. The molecule has 1 fully saturated rings. The van der Waals surface area contributed by atoms with Crippen LogP contribution in [0.4, 0.5) is 11.4 Å². The van der Waals surface area contributed by atoms with Crippen molar-refractivity contribution in [3.8, 4) is 5.75 Å². The summed E-state index contributed by atoms with van der Waals surface area (Å²) in [5.41, 5.74) is 3.53. The quantitative estimate of drug-likeness (QED) is 0.759. The fourth-order valence-electron chi connectivity index (χ4n) is 3.15. The molecule has 1 atom stereocenters. The van der Waals surface area contributed by atoms with E-state index in [1.165, 1.54) is 0 Å². The number of nitrogens with one attached hydrogen (secondary N) is 1. The molecule has 0 saturated carbocycles. The van der Waals surface area contributed by atoms with E-state index in [0.29, 0.717) is 17.1 Å². The number of hydrogen-bond donors (Lipinski definition) is 1. The van der Waals surface area contributed by atoms with E-state index in [-0.39, 0.29) is 25.5 Å². The number of nitrogens with zero attached hydrogens (tertiary/aromatic N) is 1. The molecule has 0 spiro atoms. The predicted octanol–water partition coefficient (Wildman–Crippen LogP) is 2.85. The van der Waals surface area contributed by atoms with Crippen LogP contribution in [-0.2, 0) is 19.1 Å². The van der Waals surface area contributed by atoms with Gasteiger partial charge >= 0.3 is 5.97 Å². The lowest BCUT2D eigenvalue weighted by Crippen LogP contribution is -2.28. The molecule has 0 aliphatic carbocycles. The molecule has 2 amide bonds. The zero-order valence-corrected chi connectivity index (χ0v) is 16.7. The Morgan fingerprint density at radius 2 is 1.83 bits per heavy atom. The molecule has 0 unspecified atom stereocenters. The van der Waals surface area contributed by atoms with Crippen LogP contribution >= 0.6 is 0 Å². The maximum Gasteiger partial charge on any atom is 0.311 e. The van der Waals surface area contributed by atoms with Gasteiger partial charge in [-0.05, 0) is 61.4 Å². The minimum absolute atomic E-state index is 0.0592. The van der Waals surface area contributed by atoms with Crippen molar-refractivity contribution in [3.05, 3.63) is 53.6 Å². The molecule has 0 aromatic heterocycles. The average molecular weight is 396 g/mol. The molecule has 2 aromatic carbocycles. The maximum absolute atomic E-state index is 12.3. The molecular weight excluding hydrogens is 372 g/mol. The Bertz CT molecular complexity index is 923. The third-order valence-electron chi connectivity index (χ3n) is 4.98. The second kappa shape index (κ2) is 8.77. The number of hydrogen-bond acceptors (Lipinski definition) is 5. The monoisotopic (exact) mass is 396 g/mol. The second-order valence-corrected chi connectivity index (χ2v) is 7.06. The van der Waals surface area contributed by atoms with E-state index < -0.39 is 17.8 Å². The molecule has 0 radical (unpaired) electrons. The summed E-state index contributed by atoms with van der Waals surface area (Å²) in [7, 11) is 1.57. The summed E-state index contributed by atoms with van der Waals surface area (Å²) < 4.78 is 10.2. The van der Waals surface area contributed by atoms with E-state index in [1.807, 2.05) is 26.0 Å². The van der Waals surface area contributed by atoms with Gasteiger partial charge in [-0.1, -0.05) is 6.07 Å². The van der Waals surface area contributed by atoms with Crippen molar-refractivity contribution >= 4 is 29.2 Å². The van der Waals surface area contributed by atoms with Gasteiger partial charge < -0.3 is 19.7 Å². The van der Waals surface area contributed by atoms with Gasteiger partial charge in [-0.2, -0.15) is 0 Å². The largest absolute Gasteiger partial charge is 0.497 e. The topological polar surface area (TPSA) is 84.9 Å². The molecule has 1 aliphatic rings. The molecule has 1 heterocycles. The Hall–Kier alpha value is -3.35. The minimum atomic E-state index is -0.598. The van der Waals surface area contributed by atoms with E-state index in [9.17, 15) is 14.4 Å². The number of methoxy groups -OCH3 is 1. The van der Waals surface area contributed by atoms with Crippen molar-refractivity contribution in [1.82, 2.24) is 0 Å². The molecule has 1 N–H and O–H groups in total. The second-order valence-electron chi connectivity index (χ2n) is 7.06. The first-order valence-corrected chi connectivity index (χ1v) is 9.35. The van der Waals surface area contributed by atoms with Crippen molar-refractivity contribution < 1.29 is 23.9 Å². The molecule has 7 nitrogen and oxygen atoms in total. The van der Waals surface area contributed by atoms with E-state index in [2.05, 4.69) is 5.32 Å². The van der Waals surface area contributed by atoms with Crippen molar-refractivity contribution in [2.45, 2.75) is 20.3 Å². The summed E-state index contributed by atoms with van der Waals surface area (Å²) in [5.74, 6) is -1.04. The lowest BCUT2D eigenvalue weighted by molar-refractivity contribution is -0.151. The SMILES string of the molecule is COc1ccc(N2C[C@H](C(=O)OCC(=O)Nc3ccc(C)c(C)c3)CC2=O)cc1. The highest BCUT2D eigenvalue weighted by Crippen LogP contribution is 2.27. The van der Waals surface area contributed by atoms with E-state index in [0.717, 1.165) is 11.1 Å². The highest BCUT2D eigenvalue weighted by atomic mass is 16.5. The van der Waals surface area contributed by atoms with Crippen LogP contribution in [0.25, 0.3) is 0 Å². The number of anilines is 2. The fourth-order valence-corrected chi connectivity index (χ4v) is 3.15. The van der Waals surface area contributed by atoms with Crippen molar-refractivity contribution in [3.63, 3.8) is 0 Å². The number of carbonyl (C=O) groups is 3. The number of ether oxygens (including phenoxy) is 2. The molecule has 1 aliphatic heterocycles. The van der Waals surface area contributed by atoms with Crippen molar-refractivity contribution in [2.75, 3.05) is 30.5 Å². The smallest absolute Gasteiger partial charge is 0.311 e. The third-order valence-corrected chi connectivity index (χ3v) is 4.98. The Morgan fingerprint density at radius 1 is 1.10 bits per heavy atom. The summed E-state index contributed by atoms with van der Waals surface area (Å²) >= 11 is 0. The summed E-state index contributed by atoms with van der Waals surface area (Å²) in [5, 5.41) is 2.70. The van der Waals surface area contributed by atoms with Gasteiger partial charge in [0.05, 0.1) is 13.0 Å². The minimum Gasteiger partial charge on any atom is -0.497 e. The molecule has 1 saturated heterocycles. The van der Waals surface area contributed by atoms with Gasteiger partial charge in [0, 0.05) is 24.3 Å². The lowest BCUT2D eigenvalue weighted by atomic mass is 10.1. The fraction of sp³-hybridized carbons (Fsp3) is 0.318. The number of amides is 2. The van der Waals surface area contributed by atoms with Crippen LogP contribution in [-0.4, -0.2) is 38.0 Å². The highest BCUT2D eigenvalue weighted by molar-refractivity contribution is 6.00. The zero-order valence-electron chi connectivity index (χ0n) is 16.7. The number of aryl methyl sites for hydroxylation is 2. The average Bonchev–Trinajstić information content (AvgIpc) is 3.11. The molecule has 0 bridgehead atoms. The van der Waals surface area contributed by atoms with Crippen LogP contribution < -0.4 is 15.0 Å². The lowest BCUT2D eigenvalue weighted by Gasteiger charge is -2.17. The summed E-state index contributed by atoms with van der Waals surface area (Å²) in [6.45, 7) is 3.78. The van der Waals surface area contributed by atoms with Gasteiger partial charge in [0.25, 0.3) is 5.91 Å². The first kappa shape index (κ1) is 20.4. The van der Waals surface area contributed by atoms with Gasteiger partial charge in [0.2, 0.25) is 5.91 Å². The van der Waals surface area contributed by atoms with Crippen LogP contribution in [0.1, 0.15) is 17.5 Å².